The van der Waals surface area contributed by atoms with Crippen LogP contribution in [0.3, 0.4) is 0 Å². The van der Waals surface area contributed by atoms with Crippen LogP contribution in [0.2, 0.25) is 0 Å². The zero-order valence-electron chi connectivity index (χ0n) is 11.0. The van der Waals surface area contributed by atoms with Crippen LogP contribution in [0, 0.1) is 6.07 Å². The molecule has 0 aliphatic carbocycles. The maximum Gasteiger partial charge on any atom is -0.00926 e. The molecule has 0 unspecified atom stereocenters. The van der Waals surface area contributed by atoms with Crippen molar-refractivity contribution in [1.29, 1.82) is 0 Å². The smallest absolute Gasteiger partial charge is 0.00926 e. The Morgan fingerprint density at radius 2 is 1.35 bits per heavy atom. The predicted molar refractivity (Wildman–Crippen MR) is 85.7 cm³/mol. The van der Waals surface area contributed by atoms with Gasteiger partial charge in [0.25, 0.3) is 0 Å². The summed E-state index contributed by atoms with van der Waals surface area (Å²) >= 11 is 0. The molecule has 0 N–H and O–H groups in total. The van der Waals surface area contributed by atoms with Gasteiger partial charge in [-0.1, -0.05) is 66.7 Å². The summed E-state index contributed by atoms with van der Waals surface area (Å²) in [6, 6.07) is 31.0. The van der Waals surface area contributed by atoms with Gasteiger partial charge in [-0.2, -0.15) is 0 Å². The lowest BCUT2D eigenvalue weighted by atomic mass is 9.96. The van der Waals surface area contributed by atoms with Crippen molar-refractivity contribution in [1.82, 2.24) is 0 Å². The maximum atomic E-state index is 3.35. The molecule has 1 radical (unpaired) electrons. The van der Waals surface area contributed by atoms with Gasteiger partial charge >= 0.3 is 0 Å². The molecule has 0 fully saturated rings. The molecular weight excluding hydrogens is 240 g/mol. The van der Waals surface area contributed by atoms with E-state index in [9.17, 15) is 0 Å². The molecule has 0 aliphatic heterocycles. The first-order chi connectivity index (χ1) is 9.92. The van der Waals surface area contributed by atoms with E-state index in [0.717, 1.165) is 0 Å². The second-order valence-electron chi connectivity index (χ2n) is 5.00. The van der Waals surface area contributed by atoms with Gasteiger partial charge in [-0.05, 0) is 50.9 Å². The molecule has 0 saturated heterocycles. The lowest BCUT2D eigenvalue weighted by molar-refractivity contribution is 1.65. The number of hydrogen-bond donors (Lipinski definition) is 0. The van der Waals surface area contributed by atoms with Crippen LogP contribution in [0.1, 0.15) is 0 Å². The van der Waals surface area contributed by atoms with E-state index in [4.69, 9.17) is 0 Å². The summed E-state index contributed by atoms with van der Waals surface area (Å²) in [7, 11) is 0. The van der Waals surface area contributed by atoms with E-state index in [1.807, 2.05) is 6.07 Å². The molecule has 0 saturated carbocycles. The molecule has 0 spiro atoms. The summed E-state index contributed by atoms with van der Waals surface area (Å²) in [4.78, 5) is 0. The van der Waals surface area contributed by atoms with E-state index in [-0.39, 0.29) is 0 Å². The summed E-state index contributed by atoms with van der Waals surface area (Å²) < 4.78 is 0. The molecule has 0 atom stereocenters. The highest BCUT2D eigenvalue weighted by Crippen LogP contribution is 2.31. The Balaban J connectivity index is 2.09. The van der Waals surface area contributed by atoms with Crippen molar-refractivity contribution in [3.05, 3.63) is 84.9 Å². The van der Waals surface area contributed by atoms with Crippen molar-refractivity contribution in [2.75, 3.05) is 0 Å². The molecule has 0 heteroatoms. The molecule has 4 aromatic rings. The topological polar surface area (TPSA) is 0 Å². The van der Waals surface area contributed by atoms with Crippen molar-refractivity contribution in [2.24, 2.45) is 0 Å². The second kappa shape index (κ2) is 4.50. The first kappa shape index (κ1) is 11.2. The molecule has 0 aromatic heterocycles. The van der Waals surface area contributed by atoms with E-state index < -0.39 is 0 Å². The summed E-state index contributed by atoms with van der Waals surface area (Å²) in [6.07, 6.45) is 0. The molecule has 93 valence electrons. The molecule has 0 heterocycles. The highest BCUT2D eigenvalue weighted by molar-refractivity contribution is 6.04. The summed E-state index contributed by atoms with van der Waals surface area (Å²) in [5.74, 6) is 0. The number of fused-ring (bicyclic) bond motifs is 2. The quantitative estimate of drug-likeness (QED) is 0.395. The zero-order chi connectivity index (χ0) is 13.4. The van der Waals surface area contributed by atoms with Crippen molar-refractivity contribution < 1.29 is 0 Å². The van der Waals surface area contributed by atoms with Crippen LogP contribution in [0.4, 0.5) is 0 Å². The molecule has 4 rings (SSSR count). The monoisotopic (exact) mass is 253 g/mol. The van der Waals surface area contributed by atoms with Crippen molar-refractivity contribution in [3.8, 4) is 11.1 Å². The fourth-order valence-electron chi connectivity index (χ4n) is 2.76. The molecule has 0 bridgehead atoms. The highest BCUT2D eigenvalue weighted by Gasteiger charge is 2.04. The van der Waals surface area contributed by atoms with E-state index in [2.05, 4.69) is 78.9 Å². The van der Waals surface area contributed by atoms with E-state index in [1.54, 1.807) is 0 Å². The standard InChI is InChI=1S/C20H13/c1-2-7-15(8-3-1)19-12-6-11-18-13-16-9-4-5-10-17(16)14-20(18)19/h1-10,12-14H. The average Bonchev–Trinajstić information content (AvgIpc) is 2.53. The summed E-state index contributed by atoms with van der Waals surface area (Å²) in [5, 5.41) is 4.97. The Hall–Kier alpha value is -2.60. The van der Waals surface area contributed by atoms with Gasteiger partial charge in [0.2, 0.25) is 0 Å². The van der Waals surface area contributed by atoms with Crippen molar-refractivity contribution in [3.63, 3.8) is 0 Å². The van der Waals surface area contributed by atoms with Crippen molar-refractivity contribution >= 4 is 21.5 Å². The molecular formula is C20H13. The van der Waals surface area contributed by atoms with Crippen LogP contribution >= 0.6 is 0 Å². The Morgan fingerprint density at radius 1 is 0.650 bits per heavy atom. The fraction of sp³-hybridized carbons (Fsp3) is 0. The van der Waals surface area contributed by atoms with Gasteiger partial charge in [0.1, 0.15) is 0 Å². The SMILES string of the molecule is [c]1ccc(-c2ccccc2)c2cc3ccccc3cc12. The van der Waals surface area contributed by atoms with Crippen LogP contribution < -0.4 is 0 Å². The van der Waals surface area contributed by atoms with Gasteiger partial charge in [-0.25, -0.2) is 0 Å². The van der Waals surface area contributed by atoms with Gasteiger partial charge in [-0.3, -0.25) is 0 Å². The second-order valence-corrected chi connectivity index (χ2v) is 5.00. The predicted octanol–water partition coefficient (Wildman–Crippen LogP) is 5.46. The van der Waals surface area contributed by atoms with E-state index in [0.29, 0.717) is 0 Å². The Bertz CT molecular complexity index is 889. The third-order valence-electron chi connectivity index (χ3n) is 3.75. The Kier molecular flexibility index (Phi) is 2.53. The molecule has 20 heavy (non-hydrogen) atoms. The van der Waals surface area contributed by atoms with E-state index >= 15 is 0 Å². The van der Waals surface area contributed by atoms with Crippen LogP contribution in [0.15, 0.2) is 78.9 Å². The highest BCUT2D eigenvalue weighted by atomic mass is 14.1. The fourth-order valence-corrected chi connectivity index (χ4v) is 2.76. The van der Waals surface area contributed by atoms with Gasteiger partial charge in [0, 0.05) is 0 Å². The summed E-state index contributed by atoms with van der Waals surface area (Å²) in [6.45, 7) is 0. The minimum atomic E-state index is 1.17. The Labute approximate surface area is 118 Å². The third-order valence-corrected chi connectivity index (χ3v) is 3.75. The first-order valence-corrected chi connectivity index (χ1v) is 6.80. The lowest BCUT2D eigenvalue weighted by Crippen LogP contribution is -1.82. The van der Waals surface area contributed by atoms with Crippen LogP contribution in [-0.4, -0.2) is 0 Å². The third kappa shape index (κ3) is 1.78. The lowest BCUT2D eigenvalue weighted by Gasteiger charge is -2.08. The minimum absolute atomic E-state index is 1.17. The number of hydrogen-bond acceptors (Lipinski definition) is 0. The molecule has 0 aliphatic rings. The largest absolute Gasteiger partial charge is 0.0622 e. The van der Waals surface area contributed by atoms with E-state index in [1.165, 1.54) is 32.7 Å². The maximum absolute atomic E-state index is 3.35. The first-order valence-electron chi connectivity index (χ1n) is 6.80. The number of benzene rings is 4. The minimum Gasteiger partial charge on any atom is -0.0622 e. The number of rotatable bonds is 1. The van der Waals surface area contributed by atoms with Crippen molar-refractivity contribution in [2.45, 2.75) is 0 Å². The van der Waals surface area contributed by atoms with Crippen LogP contribution in [-0.2, 0) is 0 Å². The summed E-state index contributed by atoms with van der Waals surface area (Å²) in [5.41, 5.74) is 2.52. The van der Waals surface area contributed by atoms with Crippen LogP contribution in [0.5, 0.6) is 0 Å². The molecule has 0 nitrogen and oxygen atoms in total. The van der Waals surface area contributed by atoms with Crippen LogP contribution in [0.25, 0.3) is 32.7 Å². The zero-order valence-corrected chi connectivity index (χ0v) is 11.0. The van der Waals surface area contributed by atoms with Gasteiger partial charge in [-0.15, -0.1) is 0 Å². The molecule has 0 amide bonds. The molecule has 4 aromatic carbocycles. The normalized spacial score (nSPS) is 11.0. The average molecular weight is 253 g/mol. The Morgan fingerprint density at radius 3 is 2.15 bits per heavy atom. The van der Waals surface area contributed by atoms with Gasteiger partial charge in [0.05, 0.1) is 0 Å². The van der Waals surface area contributed by atoms with Gasteiger partial charge < -0.3 is 0 Å². The van der Waals surface area contributed by atoms with Gasteiger partial charge in [0.15, 0.2) is 0 Å².